The summed E-state index contributed by atoms with van der Waals surface area (Å²) in [5, 5.41) is 11.3. The quantitative estimate of drug-likeness (QED) is 0.470. The first-order valence-corrected chi connectivity index (χ1v) is 8.07. The predicted octanol–water partition coefficient (Wildman–Crippen LogP) is 4.23. The molecule has 0 N–H and O–H groups in total. The van der Waals surface area contributed by atoms with Crippen LogP contribution in [0, 0.1) is 16.2 Å². The normalized spacial score (nSPS) is 12.1. The number of hydrogen-bond donors (Lipinski definition) is 0. The van der Waals surface area contributed by atoms with E-state index < -0.39 is 16.1 Å². The molecule has 1 radical (unpaired) electrons. The third kappa shape index (κ3) is 3.75. The summed E-state index contributed by atoms with van der Waals surface area (Å²) in [4.78, 5) is 10.9. The Labute approximate surface area is 131 Å². The van der Waals surface area contributed by atoms with Crippen molar-refractivity contribution in [2.75, 3.05) is 5.75 Å². The number of nitro groups is 1. The number of halogens is 1. The summed E-state index contributed by atoms with van der Waals surface area (Å²) in [7, 11) is 0. The van der Waals surface area contributed by atoms with Crippen LogP contribution >= 0.6 is 11.6 Å². The van der Waals surface area contributed by atoms with Gasteiger partial charge in [0.2, 0.25) is 0 Å². The minimum atomic E-state index is -1.17. The van der Waals surface area contributed by atoms with Crippen LogP contribution in [0.15, 0.2) is 41.3 Å². The molecule has 4 nitrogen and oxygen atoms in total. The third-order valence-corrected chi connectivity index (χ3v) is 4.92. The summed E-state index contributed by atoms with van der Waals surface area (Å²) in [6.45, 7) is 1.95. The van der Waals surface area contributed by atoms with E-state index in [2.05, 4.69) is 6.07 Å². The first-order valence-electron chi connectivity index (χ1n) is 6.37. The van der Waals surface area contributed by atoms with Gasteiger partial charge in [0.15, 0.2) is 4.90 Å². The summed E-state index contributed by atoms with van der Waals surface area (Å²) < 4.78 is 12.1. The average molecular weight is 323 g/mol. The van der Waals surface area contributed by atoms with Crippen molar-refractivity contribution in [1.82, 2.24) is 0 Å². The van der Waals surface area contributed by atoms with E-state index in [1.807, 2.05) is 6.92 Å². The molecule has 0 fully saturated rings. The fraction of sp³-hybridized carbons (Fsp3) is 0.200. The maximum Gasteiger partial charge on any atom is 0.270 e. The largest absolute Gasteiger partial charge is 0.611 e. The molecule has 0 aliphatic carbocycles. The Hall–Kier alpha value is -1.56. The Morgan fingerprint density at radius 3 is 2.76 bits per heavy atom. The molecule has 0 amide bonds. The van der Waals surface area contributed by atoms with Crippen molar-refractivity contribution in [3.8, 4) is 11.1 Å². The fourth-order valence-corrected chi connectivity index (χ4v) is 3.39. The molecular weight excluding hydrogens is 310 g/mol. The summed E-state index contributed by atoms with van der Waals surface area (Å²) in [6, 6.07) is 12.4. The van der Waals surface area contributed by atoms with Crippen LogP contribution < -0.4 is 0 Å². The van der Waals surface area contributed by atoms with Crippen molar-refractivity contribution < 1.29 is 9.48 Å². The number of rotatable bonds is 5. The van der Waals surface area contributed by atoms with Gasteiger partial charge >= 0.3 is 0 Å². The van der Waals surface area contributed by atoms with E-state index in [9.17, 15) is 14.7 Å². The van der Waals surface area contributed by atoms with E-state index in [0.717, 1.165) is 6.42 Å². The Morgan fingerprint density at radius 1 is 1.33 bits per heavy atom. The van der Waals surface area contributed by atoms with Gasteiger partial charge in [0.1, 0.15) is 5.75 Å². The highest BCUT2D eigenvalue weighted by Crippen LogP contribution is 2.30. The lowest BCUT2D eigenvalue weighted by Gasteiger charge is -2.12. The molecule has 2 aromatic carbocycles. The highest BCUT2D eigenvalue weighted by atomic mass is 35.5. The van der Waals surface area contributed by atoms with Crippen molar-refractivity contribution in [2.45, 2.75) is 18.2 Å². The average Bonchev–Trinajstić information content (AvgIpc) is 2.48. The molecule has 0 aliphatic rings. The van der Waals surface area contributed by atoms with Crippen LogP contribution in [0.1, 0.15) is 13.3 Å². The van der Waals surface area contributed by atoms with Crippen LogP contribution in [0.4, 0.5) is 5.69 Å². The second-order valence-corrected chi connectivity index (χ2v) is 6.36. The second-order valence-electron chi connectivity index (χ2n) is 4.41. The maximum absolute atomic E-state index is 12.1. The van der Waals surface area contributed by atoms with Crippen LogP contribution in [0.2, 0.25) is 5.02 Å². The zero-order valence-electron chi connectivity index (χ0n) is 11.3. The molecule has 0 bridgehead atoms. The number of nitro benzene ring substituents is 1. The number of hydrogen-bond acceptors (Lipinski definition) is 3. The van der Waals surface area contributed by atoms with Gasteiger partial charge in [-0.3, -0.25) is 10.1 Å². The zero-order chi connectivity index (χ0) is 15.4. The maximum atomic E-state index is 12.1. The lowest BCUT2D eigenvalue weighted by molar-refractivity contribution is -0.384. The third-order valence-electron chi connectivity index (χ3n) is 2.87. The van der Waals surface area contributed by atoms with Crippen LogP contribution in [-0.2, 0) is 11.2 Å². The highest BCUT2D eigenvalue weighted by Gasteiger charge is 2.16. The van der Waals surface area contributed by atoms with Gasteiger partial charge in [-0.1, -0.05) is 24.6 Å². The summed E-state index contributed by atoms with van der Waals surface area (Å²) >= 11 is 4.91. The van der Waals surface area contributed by atoms with Gasteiger partial charge in [-0.25, -0.2) is 0 Å². The van der Waals surface area contributed by atoms with Gasteiger partial charge in [-0.2, -0.15) is 0 Å². The minimum Gasteiger partial charge on any atom is -0.611 e. The molecule has 1 unspecified atom stereocenters. The Balaban J connectivity index is 2.43. The summed E-state index contributed by atoms with van der Waals surface area (Å²) in [6.07, 6.45) is 0.788. The van der Waals surface area contributed by atoms with Gasteiger partial charge < -0.3 is 4.55 Å². The molecule has 2 rings (SSSR count). The van der Waals surface area contributed by atoms with Crippen molar-refractivity contribution in [3.05, 3.63) is 57.6 Å². The lowest BCUT2D eigenvalue weighted by Crippen LogP contribution is -2.06. The molecule has 109 valence electrons. The molecule has 0 saturated heterocycles. The van der Waals surface area contributed by atoms with Gasteiger partial charge in [0.05, 0.1) is 9.95 Å². The standard InChI is InChI=1S/C15H13ClNO3S/c1-2-8-21(20)15-10-12(6-7-14(15)16)11-4-3-5-13(9-11)17(18)19/h3,5-7,9-10H,2,8H2,1H3. The highest BCUT2D eigenvalue weighted by molar-refractivity contribution is 7.91. The molecule has 21 heavy (non-hydrogen) atoms. The Morgan fingerprint density at radius 2 is 2.10 bits per heavy atom. The molecule has 0 saturated carbocycles. The van der Waals surface area contributed by atoms with E-state index in [1.165, 1.54) is 18.2 Å². The summed E-state index contributed by atoms with van der Waals surface area (Å²) in [5.41, 5.74) is 1.29. The molecular formula is C15H13ClNO3S. The summed E-state index contributed by atoms with van der Waals surface area (Å²) in [5.74, 6) is 0.530. The first-order chi connectivity index (χ1) is 10.0. The number of non-ortho nitro benzene ring substituents is 1. The van der Waals surface area contributed by atoms with E-state index in [0.29, 0.717) is 26.8 Å². The molecule has 0 aliphatic heterocycles. The Kier molecular flexibility index (Phi) is 5.22. The van der Waals surface area contributed by atoms with Crippen molar-refractivity contribution in [2.24, 2.45) is 0 Å². The molecule has 0 heterocycles. The van der Waals surface area contributed by atoms with Gasteiger partial charge in [0.25, 0.3) is 5.69 Å². The van der Waals surface area contributed by atoms with E-state index in [-0.39, 0.29) is 5.69 Å². The van der Waals surface area contributed by atoms with Crippen molar-refractivity contribution in [1.29, 1.82) is 0 Å². The molecule has 2 aromatic rings. The topological polar surface area (TPSA) is 66.2 Å². The van der Waals surface area contributed by atoms with E-state index >= 15 is 0 Å². The molecule has 0 spiro atoms. The zero-order valence-corrected chi connectivity index (χ0v) is 12.9. The Bertz CT molecular complexity index is 663. The van der Waals surface area contributed by atoms with Crippen LogP contribution in [0.5, 0.6) is 0 Å². The van der Waals surface area contributed by atoms with Crippen molar-refractivity contribution >= 4 is 28.5 Å². The number of nitrogens with zero attached hydrogens (tertiary/aromatic N) is 1. The van der Waals surface area contributed by atoms with Gasteiger partial charge in [0, 0.05) is 18.2 Å². The fourth-order valence-electron chi connectivity index (χ4n) is 1.88. The monoisotopic (exact) mass is 322 g/mol. The lowest BCUT2D eigenvalue weighted by atomic mass is 10.1. The molecule has 1 atom stereocenters. The van der Waals surface area contributed by atoms with Crippen molar-refractivity contribution in [3.63, 3.8) is 0 Å². The molecule has 6 heteroatoms. The second kappa shape index (κ2) is 6.93. The first kappa shape index (κ1) is 15.8. The predicted molar refractivity (Wildman–Crippen MR) is 83.9 cm³/mol. The SMILES string of the molecule is CCC[S+]([O-])c1cc(-c2[c]ccc([N+](=O)[O-])c2)ccc1Cl. The minimum absolute atomic E-state index is 0.00469. The molecule has 0 aromatic heterocycles. The van der Waals surface area contributed by atoms with Crippen LogP contribution in [-0.4, -0.2) is 15.2 Å². The van der Waals surface area contributed by atoms with E-state index in [4.69, 9.17) is 11.6 Å². The van der Waals surface area contributed by atoms with Gasteiger partial charge in [-0.15, -0.1) is 0 Å². The van der Waals surface area contributed by atoms with Gasteiger partial charge in [-0.05, 0) is 46.9 Å². The smallest absolute Gasteiger partial charge is 0.270 e. The number of benzene rings is 2. The van der Waals surface area contributed by atoms with Crippen LogP contribution in [0.25, 0.3) is 11.1 Å². The van der Waals surface area contributed by atoms with Crippen LogP contribution in [0.3, 0.4) is 0 Å². The van der Waals surface area contributed by atoms with E-state index in [1.54, 1.807) is 18.2 Å².